The molecule has 8 heteroatoms. The lowest BCUT2D eigenvalue weighted by molar-refractivity contribution is -0.131. The number of halogens is 1. The number of amides is 4. The SMILES string of the molecule is CCCC1(CCC)NC(=O)N(CC(=O)c2ccc(NC(C)=O)cc2F)C1=O. The van der Waals surface area contributed by atoms with Gasteiger partial charge in [0.05, 0.1) is 12.1 Å². The van der Waals surface area contributed by atoms with Crippen LogP contribution in [0.3, 0.4) is 0 Å². The van der Waals surface area contributed by atoms with Crippen LogP contribution in [-0.4, -0.2) is 40.6 Å². The first-order valence-electron chi connectivity index (χ1n) is 8.98. The molecule has 1 aliphatic heterocycles. The van der Waals surface area contributed by atoms with Gasteiger partial charge in [-0.1, -0.05) is 26.7 Å². The first-order valence-corrected chi connectivity index (χ1v) is 8.98. The normalized spacial score (nSPS) is 15.6. The summed E-state index contributed by atoms with van der Waals surface area (Å²) < 4.78 is 14.2. The van der Waals surface area contributed by atoms with E-state index in [1.54, 1.807) is 0 Å². The second kappa shape index (κ2) is 8.28. The second-order valence-corrected chi connectivity index (χ2v) is 6.70. The van der Waals surface area contributed by atoms with Crippen LogP contribution in [0.15, 0.2) is 18.2 Å². The van der Waals surface area contributed by atoms with Gasteiger partial charge in [-0.2, -0.15) is 0 Å². The molecule has 1 saturated heterocycles. The predicted molar refractivity (Wildman–Crippen MR) is 97.8 cm³/mol. The summed E-state index contributed by atoms with van der Waals surface area (Å²) in [5.74, 6) is -2.32. The number of imide groups is 1. The van der Waals surface area contributed by atoms with Gasteiger partial charge in [0, 0.05) is 12.6 Å². The molecule has 0 saturated carbocycles. The fraction of sp³-hybridized carbons (Fsp3) is 0.474. The Kier molecular flexibility index (Phi) is 6.30. The van der Waals surface area contributed by atoms with E-state index in [9.17, 15) is 23.6 Å². The monoisotopic (exact) mass is 377 g/mol. The minimum Gasteiger partial charge on any atom is -0.326 e. The van der Waals surface area contributed by atoms with Crippen molar-refractivity contribution in [1.29, 1.82) is 0 Å². The Hall–Kier alpha value is -2.77. The number of Topliss-reactive ketones (excluding diaryl/α,β-unsaturated/α-hetero) is 1. The maximum absolute atomic E-state index is 14.2. The highest BCUT2D eigenvalue weighted by molar-refractivity contribution is 6.11. The van der Waals surface area contributed by atoms with E-state index in [1.807, 2.05) is 13.8 Å². The summed E-state index contributed by atoms with van der Waals surface area (Å²) in [5.41, 5.74) is -1.01. The van der Waals surface area contributed by atoms with Crippen molar-refractivity contribution in [2.75, 3.05) is 11.9 Å². The smallest absolute Gasteiger partial charge is 0.325 e. The summed E-state index contributed by atoms with van der Waals surface area (Å²) >= 11 is 0. The van der Waals surface area contributed by atoms with Gasteiger partial charge in [-0.25, -0.2) is 9.18 Å². The molecule has 2 rings (SSSR count). The molecule has 0 atom stereocenters. The highest BCUT2D eigenvalue weighted by atomic mass is 19.1. The number of carbonyl (C=O) groups is 4. The average Bonchev–Trinajstić information content (AvgIpc) is 2.79. The molecule has 0 spiro atoms. The van der Waals surface area contributed by atoms with Crippen LogP contribution < -0.4 is 10.6 Å². The molecular formula is C19H24FN3O4. The Morgan fingerprint density at radius 3 is 2.33 bits per heavy atom. The minimum atomic E-state index is -0.991. The van der Waals surface area contributed by atoms with Crippen molar-refractivity contribution in [1.82, 2.24) is 10.2 Å². The number of hydrogen-bond donors (Lipinski definition) is 2. The highest BCUT2D eigenvalue weighted by Gasteiger charge is 2.50. The third kappa shape index (κ3) is 4.32. The third-order valence-electron chi connectivity index (χ3n) is 4.49. The standard InChI is InChI=1S/C19H24FN3O4/c1-4-8-19(9-5-2)17(26)23(18(27)22-19)11-16(25)14-7-6-13(10-15(14)20)21-12(3)24/h6-7,10H,4-5,8-9,11H2,1-3H3,(H,21,24)(H,22,27). The van der Waals surface area contributed by atoms with Crippen molar-refractivity contribution in [3.63, 3.8) is 0 Å². The van der Waals surface area contributed by atoms with Gasteiger partial charge in [-0.3, -0.25) is 19.3 Å². The summed E-state index contributed by atoms with van der Waals surface area (Å²) in [6, 6.07) is 3.01. The number of ketones is 1. The molecule has 2 N–H and O–H groups in total. The molecule has 1 aromatic rings. The highest BCUT2D eigenvalue weighted by Crippen LogP contribution is 2.28. The molecule has 1 heterocycles. The van der Waals surface area contributed by atoms with Gasteiger partial charge in [0.1, 0.15) is 11.4 Å². The van der Waals surface area contributed by atoms with E-state index < -0.39 is 35.6 Å². The van der Waals surface area contributed by atoms with E-state index in [0.29, 0.717) is 25.7 Å². The number of benzene rings is 1. The van der Waals surface area contributed by atoms with E-state index in [-0.39, 0.29) is 17.2 Å². The van der Waals surface area contributed by atoms with Gasteiger partial charge in [0.15, 0.2) is 5.78 Å². The van der Waals surface area contributed by atoms with Gasteiger partial charge in [0.25, 0.3) is 5.91 Å². The molecule has 0 radical (unpaired) electrons. The molecule has 0 aromatic heterocycles. The number of carbonyl (C=O) groups excluding carboxylic acids is 4. The number of urea groups is 1. The van der Waals surface area contributed by atoms with Crippen LogP contribution in [0.2, 0.25) is 0 Å². The Morgan fingerprint density at radius 1 is 1.19 bits per heavy atom. The fourth-order valence-electron chi connectivity index (χ4n) is 3.39. The maximum atomic E-state index is 14.2. The quantitative estimate of drug-likeness (QED) is 0.538. The number of nitrogens with zero attached hydrogens (tertiary/aromatic N) is 1. The number of anilines is 1. The van der Waals surface area contributed by atoms with E-state index in [0.717, 1.165) is 11.0 Å². The van der Waals surface area contributed by atoms with Gasteiger partial charge in [-0.05, 0) is 31.0 Å². The maximum Gasteiger partial charge on any atom is 0.325 e. The van der Waals surface area contributed by atoms with Gasteiger partial charge in [-0.15, -0.1) is 0 Å². The Bertz CT molecular complexity index is 772. The summed E-state index contributed by atoms with van der Waals surface area (Å²) in [6.07, 6.45) is 2.37. The van der Waals surface area contributed by atoms with Crippen LogP contribution in [0.5, 0.6) is 0 Å². The third-order valence-corrected chi connectivity index (χ3v) is 4.49. The van der Waals surface area contributed by atoms with Crippen molar-refractivity contribution in [3.8, 4) is 0 Å². The van der Waals surface area contributed by atoms with Crippen molar-refractivity contribution >= 4 is 29.3 Å². The number of nitrogens with one attached hydrogen (secondary N) is 2. The average molecular weight is 377 g/mol. The van der Waals surface area contributed by atoms with Crippen LogP contribution in [0.1, 0.15) is 56.8 Å². The molecule has 0 aliphatic carbocycles. The Balaban J connectivity index is 2.19. The van der Waals surface area contributed by atoms with E-state index in [4.69, 9.17) is 0 Å². The summed E-state index contributed by atoms with van der Waals surface area (Å²) in [4.78, 5) is 49.4. The van der Waals surface area contributed by atoms with Crippen molar-refractivity contribution in [2.24, 2.45) is 0 Å². The molecule has 1 aromatic carbocycles. The van der Waals surface area contributed by atoms with E-state index >= 15 is 0 Å². The second-order valence-electron chi connectivity index (χ2n) is 6.70. The molecule has 1 aliphatic rings. The van der Waals surface area contributed by atoms with Crippen molar-refractivity contribution < 1.29 is 23.6 Å². The van der Waals surface area contributed by atoms with Crippen LogP contribution in [-0.2, 0) is 9.59 Å². The van der Waals surface area contributed by atoms with Crippen molar-refractivity contribution in [2.45, 2.75) is 52.0 Å². The molecule has 0 bridgehead atoms. The van der Waals surface area contributed by atoms with Gasteiger partial charge in [0.2, 0.25) is 5.91 Å². The molecule has 146 valence electrons. The molecule has 27 heavy (non-hydrogen) atoms. The summed E-state index contributed by atoms with van der Waals surface area (Å²) in [5, 5.41) is 5.13. The van der Waals surface area contributed by atoms with Crippen molar-refractivity contribution in [3.05, 3.63) is 29.6 Å². The zero-order chi connectivity index (χ0) is 20.2. The predicted octanol–water partition coefficient (Wildman–Crippen LogP) is 2.86. The lowest BCUT2D eigenvalue weighted by atomic mass is 9.88. The molecule has 7 nitrogen and oxygen atoms in total. The zero-order valence-electron chi connectivity index (χ0n) is 15.7. The fourth-order valence-corrected chi connectivity index (χ4v) is 3.39. The minimum absolute atomic E-state index is 0.219. The number of rotatable bonds is 8. The molecule has 0 unspecified atom stereocenters. The molecular weight excluding hydrogens is 353 g/mol. The largest absolute Gasteiger partial charge is 0.326 e. The van der Waals surface area contributed by atoms with Crippen LogP contribution in [0.4, 0.5) is 14.9 Å². The lowest BCUT2D eigenvalue weighted by Crippen LogP contribution is -2.47. The molecule has 1 fully saturated rings. The van der Waals surface area contributed by atoms with Gasteiger partial charge >= 0.3 is 6.03 Å². The lowest BCUT2D eigenvalue weighted by Gasteiger charge is -2.25. The zero-order valence-corrected chi connectivity index (χ0v) is 15.7. The molecule has 4 amide bonds. The van der Waals surface area contributed by atoms with E-state index in [1.165, 1.54) is 19.1 Å². The van der Waals surface area contributed by atoms with Crippen LogP contribution in [0, 0.1) is 5.82 Å². The van der Waals surface area contributed by atoms with Crippen LogP contribution >= 0.6 is 0 Å². The Labute approximate surface area is 157 Å². The van der Waals surface area contributed by atoms with E-state index in [2.05, 4.69) is 10.6 Å². The summed E-state index contributed by atoms with van der Waals surface area (Å²) in [6.45, 7) is 4.58. The van der Waals surface area contributed by atoms with Gasteiger partial charge < -0.3 is 10.6 Å². The number of hydrogen-bond acceptors (Lipinski definition) is 4. The topological polar surface area (TPSA) is 95.6 Å². The van der Waals surface area contributed by atoms with Crippen LogP contribution in [0.25, 0.3) is 0 Å². The summed E-state index contributed by atoms with van der Waals surface area (Å²) in [7, 11) is 0. The first kappa shape index (κ1) is 20.5. The first-order chi connectivity index (χ1) is 12.7. The Morgan fingerprint density at radius 2 is 1.81 bits per heavy atom.